The lowest BCUT2D eigenvalue weighted by atomic mass is 9.84. The highest BCUT2D eigenvalue weighted by molar-refractivity contribution is 7.80. The molecule has 0 atom stereocenters. The summed E-state index contributed by atoms with van der Waals surface area (Å²) in [6, 6.07) is 8.31. The van der Waals surface area contributed by atoms with Crippen molar-refractivity contribution in [2.75, 3.05) is 18.5 Å². The van der Waals surface area contributed by atoms with Crippen molar-refractivity contribution in [2.45, 2.75) is 19.3 Å². The molecule has 5 heteroatoms. The Morgan fingerprint density at radius 3 is 2.67 bits per heavy atom. The molecular formula is C19H20N2O2S. The molecule has 124 valence electrons. The smallest absolute Gasteiger partial charge is 0.297 e. The molecule has 0 aromatic heterocycles. The second kappa shape index (κ2) is 5.91. The second-order valence-corrected chi connectivity index (χ2v) is 6.71. The number of rotatable bonds is 3. The van der Waals surface area contributed by atoms with Gasteiger partial charge in [0.2, 0.25) is 0 Å². The third-order valence-corrected chi connectivity index (χ3v) is 4.82. The Kier molecular flexibility index (Phi) is 4.05. The number of hydrogen-bond donors (Lipinski definition) is 0. The van der Waals surface area contributed by atoms with E-state index in [1.807, 2.05) is 25.3 Å². The van der Waals surface area contributed by atoms with Gasteiger partial charge in [0.25, 0.3) is 11.1 Å². The highest BCUT2D eigenvalue weighted by atomic mass is 32.1. The van der Waals surface area contributed by atoms with Crippen LogP contribution in [0.5, 0.6) is 0 Å². The number of ether oxygens (including phenoxy) is 1. The van der Waals surface area contributed by atoms with Crippen molar-refractivity contribution in [2.24, 2.45) is 0 Å². The first-order chi connectivity index (χ1) is 11.4. The average Bonchev–Trinajstić information content (AvgIpc) is 2.92. The Labute approximate surface area is 147 Å². The largest absolute Gasteiger partial charge is 0.426 e. The molecule has 0 saturated carbocycles. The average molecular weight is 340 g/mol. The molecule has 0 unspecified atom stereocenters. The quantitative estimate of drug-likeness (QED) is 0.479. The minimum atomic E-state index is -0.229. The summed E-state index contributed by atoms with van der Waals surface area (Å²) in [5, 5.41) is 0.173. The molecule has 4 nitrogen and oxygen atoms in total. The Morgan fingerprint density at radius 1 is 1.29 bits per heavy atom. The molecule has 0 bridgehead atoms. The summed E-state index contributed by atoms with van der Waals surface area (Å²) in [5.74, 6) is 0.0160. The summed E-state index contributed by atoms with van der Waals surface area (Å²) < 4.78 is 5.44. The van der Waals surface area contributed by atoms with Gasteiger partial charge in [-0.2, -0.15) is 0 Å². The van der Waals surface area contributed by atoms with E-state index in [9.17, 15) is 4.79 Å². The van der Waals surface area contributed by atoms with Gasteiger partial charge in [0.15, 0.2) is 5.76 Å². The minimum absolute atomic E-state index is 0.147. The molecule has 0 radical (unpaired) electrons. The number of likely N-dealkylation sites (N-methyl/N-ethyl adjacent to an activating group) is 1. The second-order valence-electron chi connectivity index (χ2n) is 6.36. The van der Waals surface area contributed by atoms with Crippen molar-refractivity contribution >= 4 is 29.0 Å². The maximum absolute atomic E-state index is 12.3. The summed E-state index contributed by atoms with van der Waals surface area (Å²) in [6.07, 6.45) is 5.27. The number of anilines is 1. The van der Waals surface area contributed by atoms with E-state index in [-0.39, 0.29) is 22.3 Å². The molecule has 0 aliphatic carbocycles. The van der Waals surface area contributed by atoms with Crippen molar-refractivity contribution < 1.29 is 9.53 Å². The van der Waals surface area contributed by atoms with Crippen LogP contribution in [0.2, 0.25) is 0 Å². The van der Waals surface area contributed by atoms with E-state index in [1.165, 1.54) is 16.2 Å². The number of nitrogens with zero attached hydrogens (tertiary/aromatic N) is 2. The number of thiocarbonyl (C=S) groups is 1. The van der Waals surface area contributed by atoms with Gasteiger partial charge in [-0.05, 0) is 36.0 Å². The SMILES string of the molecule is C=CCN1C(=O)C(=CC=C2N(C)c3ccccc3C2(C)C)OC1=S. The van der Waals surface area contributed by atoms with Crippen LogP contribution in [0.15, 0.2) is 60.5 Å². The van der Waals surface area contributed by atoms with Crippen LogP contribution >= 0.6 is 12.2 Å². The number of allylic oxidation sites excluding steroid dienone is 3. The normalized spacial score (nSPS) is 22.3. The molecule has 24 heavy (non-hydrogen) atoms. The zero-order chi connectivity index (χ0) is 17.5. The lowest BCUT2D eigenvalue weighted by molar-refractivity contribution is -0.122. The lowest BCUT2D eigenvalue weighted by Crippen LogP contribution is -2.28. The minimum Gasteiger partial charge on any atom is -0.426 e. The van der Waals surface area contributed by atoms with Gasteiger partial charge in [0.1, 0.15) is 0 Å². The molecule has 1 fully saturated rings. The van der Waals surface area contributed by atoms with E-state index in [0.717, 1.165) is 5.70 Å². The molecule has 1 amide bonds. The van der Waals surface area contributed by atoms with Crippen LogP contribution in [-0.2, 0) is 14.9 Å². The van der Waals surface area contributed by atoms with E-state index in [2.05, 4.69) is 37.5 Å². The number of para-hydroxylation sites is 1. The third-order valence-electron chi connectivity index (χ3n) is 4.52. The van der Waals surface area contributed by atoms with Gasteiger partial charge >= 0.3 is 0 Å². The number of carbonyl (C=O) groups excluding carboxylic acids is 1. The van der Waals surface area contributed by atoms with Crippen LogP contribution in [0.25, 0.3) is 0 Å². The van der Waals surface area contributed by atoms with E-state index in [0.29, 0.717) is 6.54 Å². The summed E-state index contributed by atoms with van der Waals surface area (Å²) in [7, 11) is 2.03. The zero-order valence-electron chi connectivity index (χ0n) is 14.1. The molecule has 1 aromatic rings. The first-order valence-electron chi connectivity index (χ1n) is 7.78. The molecule has 2 heterocycles. The van der Waals surface area contributed by atoms with Crippen LogP contribution in [0.4, 0.5) is 5.69 Å². The Hall–Kier alpha value is -2.40. The fourth-order valence-electron chi connectivity index (χ4n) is 3.26. The fourth-order valence-corrected chi connectivity index (χ4v) is 3.50. The Bertz CT molecular complexity index is 792. The van der Waals surface area contributed by atoms with E-state index >= 15 is 0 Å². The maximum atomic E-state index is 12.3. The van der Waals surface area contributed by atoms with Crippen molar-refractivity contribution in [3.05, 3.63) is 66.1 Å². The summed E-state index contributed by atoms with van der Waals surface area (Å²) in [6.45, 7) is 8.33. The van der Waals surface area contributed by atoms with E-state index < -0.39 is 0 Å². The number of benzene rings is 1. The van der Waals surface area contributed by atoms with Crippen LogP contribution in [0.3, 0.4) is 0 Å². The molecule has 2 aliphatic heterocycles. The van der Waals surface area contributed by atoms with Crippen molar-refractivity contribution in [1.82, 2.24) is 4.90 Å². The monoisotopic (exact) mass is 340 g/mol. The van der Waals surface area contributed by atoms with Crippen LogP contribution < -0.4 is 4.90 Å². The molecule has 0 N–H and O–H groups in total. The van der Waals surface area contributed by atoms with E-state index in [1.54, 1.807) is 12.2 Å². The predicted octanol–water partition coefficient (Wildman–Crippen LogP) is 3.51. The highest BCUT2D eigenvalue weighted by Crippen LogP contribution is 2.46. The molecular weight excluding hydrogens is 320 g/mol. The van der Waals surface area contributed by atoms with Gasteiger partial charge in [-0.1, -0.05) is 38.1 Å². The first kappa shape index (κ1) is 16.5. The summed E-state index contributed by atoms with van der Waals surface area (Å²) in [4.78, 5) is 15.9. The number of fused-ring (bicyclic) bond motifs is 1. The maximum Gasteiger partial charge on any atom is 0.297 e. The van der Waals surface area contributed by atoms with Gasteiger partial charge in [-0.3, -0.25) is 9.69 Å². The van der Waals surface area contributed by atoms with Gasteiger partial charge in [0.05, 0.1) is 0 Å². The first-order valence-corrected chi connectivity index (χ1v) is 8.19. The van der Waals surface area contributed by atoms with Crippen LogP contribution in [-0.4, -0.2) is 29.6 Å². The van der Waals surface area contributed by atoms with Gasteiger partial charge in [0, 0.05) is 30.4 Å². The molecule has 0 spiro atoms. The zero-order valence-corrected chi connectivity index (χ0v) is 14.9. The van der Waals surface area contributed by atoms with Crippen molar-refractivity contribution in [3.8, 4) is 0 Å². The topological polar surface area (TPSA) is 32.8 Å². The molecule has 1 aromatic carbocycles. The molecule has 1 saturated heterocycles. The highest BCUT2D eigenvalue weighted by Gasteiger charge is 2.38. The molecule has 2 aliphatic rings. The van der Waals surface area contributed by atoms with Crippen LogP contribution in [0, 0.1) is 0 Å². The van der Waals surface area contributed by atoms with Crippen molar-refractivity contribution in [1.29, 1.82) is 0 Å². The fraction of sp³-hybridized carbons (Fsp3) is 0.263. The Balaban J connectivity index is 1.95. The standard InChI is InChI=1S/C19H20N2O2S/c1-5-12-21-17(22)15(23-18(21)24)10-11-16-19(2,3)13-8-6-7-9-14(13)20(16)4/h5-11H,1,12H2,2-4H3. The van der Waals surface area contributed by atoms with E-state index in [4.69, 9.17) is 17.0 Å². The Morgan fingerprint density at radius 2 is 2.00 bits per heavy atom. The number of hydrogen-bond acceptors (Lipinski definition) is 4. The van der Waals surface area contributed by atoms with Crippen molar-refractivity contribution in [3.63, 3.8) is 0 Å². The predicted molar refractivity (Wildman–Crippen MR) is 99.6 cm³/mol. The summed E-state index contributed by atoms with van der Waals surface area (Å²) >= 11 is 5.10. The number of amides is 1. The lowest BCUT2D eigenvalue weighted by Gasteiger charge is -2.23. The van der Waals surface area contributed by atoms with Gasteiger partial charge in [-0.25, -0.2) is 0 Å². The third kappa shape index (κ3) is 2.45. The molecule has 3 rings (SSSR count). The van der Waals surface area contributed by atoms with Gasteiger partial charge in [-0.15, -0.1) is 6.58 Å². The summed E-state index contributed by atoms with van der Waals surface area (Å²) in [5.41, 5.74) is 3.39. The van der Waals surface area contributed by atoms with Crippen LogP contribution in [0.1, 0.15) is 19.4 Å². The van der Waals surface area contributed by atoms with Gasteiger partial charge < -0.3 is 9.64 Å². The number of carbonyl (C=O) groups is 1.